The van der Waals surface area contributed by atoms with Gasteiger partial charge in [-0.15, -0.1) is 0 Å². The Labute approximate surface area is 226 Å². The van der Waals surface area contributed by atoms with E-state index in [4.69, 9.17) is 17.2 Å². The van der Waals surface area contributed by atoms with E-state index in [0.717, 1.165) is 49.4 Å². The van der Waals surface area contributed by atoms with Gasteiger partial charge in [0.1, 0.15) is 0 Å². The molecular formula is C31H50N4S. The predicted molar refractivity (Wildman–Crippen MR) is 158 cm³/mol. The number of hydrogen-bond acceptors (Lipinski definition) is 3. The van der Waals surface area contributed by atoms with Crippen molar-refractivity contribution in [3.8, 4) is 0 Å². The Morgan fingerprint density at radius 3 is 2.56 bits per heavy atom. The first-order chi connectivity index (χ1) is 17.6. The highest BCUT2D eigenvalue weighted by Crippen LogP contribution is 2.29. The molecule has 2 heterocycles. The fourth-order valence-corrected chi connectivity index (χ4v) is 6.84. The van der Waals surface area contributed by atoms with Crippen molar-refractivity contribution in [1.29, 1.82) is 0 Å². The summed E-state index contributed by atoms with van der Waals surface area (Å²) in [6.07, 6.45) is 16.9. The van der Waals surface area contributed by atoms with E-state index in [1.807, 2.05) is 0 Å². The smallest absolute Gasteiger partial charge is 0.171 e. The van der Waals surface area contributed by atoms with E-state index in [2.05, 4.69) is 59.3 Å². The van der Waals surface area contributed by atoms with Crippen LogP contribution in [-0.4, -0.2) is 59.0 Å². The fourth-order valence-electron chi connectivity index (χ4n) is 6.44. The first-order valence-electron chi connectivity index (χ1n) is 15.0. The molecule has 1 aliphatic carbocycles. The Hall–Kier alpha value is -1.62. The molecule has 4 rings (SSSR count). The lowest BCUT2D eigenvalue weighted by molar-refractivity contribution is 0.256. The Morgan fingerprint density at radius 2 is 1.78 bits per heavy atom. The van der Waals surface area contributed by atoms with Gasteiger partial charge in [-0.25, -0.2) is 0 Å². The Kier molecular flexibility index (Phi) is 10.9. The Balaban J connectivity index is 1.12. The maximum Gasteiger partial charge on any atom is 0.171 e. The second-order valence-corrected chi connectivity index (χ2v) is 12.3. The molecular weight excluding hydrogens is 460 g/mol. The number of aliphatic imine (C=N–C) groups is 1. The van der Waals surface area contributed by atoms with E-state index in [1.54, 1.807) is 0 Å². The van der Waals surface area contributed by atoms with Gasteiger partial charge in [-0.2, -0.15) is 0 Å². The van der Waals surface area contributed by atoms with Gasteiger partial charge < -0.3 is 15.1 Å². The van der Waals surface area contributed by atoms with Crippen molar-refractivity contribution in [2.24, 2.45) is 16.8 Å². The largest absolute Gasteiger partial charge is 0.369 e. The predicted octanol–water partition coefficient (Wildman–Crippen LogP) is 6.84. The molecule has 2 aliphatic heterocycles. The molecule has 0 amide bonds. The minimum atomic E-state index is 0.530. The summed E-state index contributed by atoms with van der Waals surface area (Å²) in [4.78, 5) is 9.92. The van der Waals surface area contributed by atoms with E-state index in [-0.39, 0.29) is 0 Å². The zero-order valence-electron chi connectivity index (χ0n) is 23.0. The lowest BCUT2D eigenvalue weighted by Crippen LogP contribution is -2.37. The molecule has 36 heavy (non-hydrogen) atoms. The maximum atomic E-state index is 6.03. The number of amidine groups is 1. The van der Waals surface area contributed by atoms with Crippen LogP contribution in [0.5, 0.6) is 0 Å². The third-order valence-electron chi connectivity index (χ3n) is 8.46. The molecule has 1 aromatic rings. The van der Waals surface area contributed by atoms with E-state index < -0.39 is 0 Å². The molecule has 2 atom stereocenters. The minimum absolute atomic E-state index is 0.530. The van der Waals surface area contributed by atoms with Gasteiger partial charge in [0.15, 0.2) is 5.11 Å². The molecule has 0 radical (unpaired) electrons. The standard InChI is InChI=1S/C31H50N4S/c1-25(2)22-29-24-34(31(36)35(29)21-19-27-14-7-4-8-15-27)20-10-9-17-28-23-32-30(33-28)18-11-16-26-12-5-3-6-13-26/h3,5-6,12-13,25,27-29H,4,7-11,14-24H2,1-2H3,(H,32,33)/t28-,29+/m0/s1. The van der Waals surface area contributed by atoms with Gasteiger partial charge >= 0.3 is 0 Å². The molecule has 0 aromatic heterocycles. The normalized spacial score (nSPS) is 23.0. The topological polar surface area (TPSA) is 30.9 Å². The van der Waals surface area contributed by atoms with E-state index >= 15 is 0 Å². The SMILES string of the molecule is CC(C)C[C@@H]1CN(CCCC[C@H]2CN=C(CCCc3ccccc3)N2)C(=S)N1CCC1CCCCC1. The number of hydrogen-bond donors (Lipinski definition) is 1. The second-order valence-electron chi connectivity index (χ2n) is 12.0. The van der Waals surface area contributed by atoms with Crippen LogP contribution in [0.2, 0.25) is 0 Å². The fraction of sp³-hybridized carbons (Fsp3) is 0.742. The molecule has 1 aromatic carbocycles. The van der Waals surface area contributed by atoms with Crippen molar-refractivity contribution in [3.63, 3.8) is 0 Å². The van der Waals surface area contributed by atoms with Crippen molar-refractivity contribution in [1.82, 2.24) is 15.1 Å². The molecule has 0 bridgehead atoms. The van der Waals surface area contributed by atoms with Crippen molar-refractivity contribution in [2.45, 2.75) is 109 Å². The van der Waals surface area contributed by atoms with E-state index in [0.29, 0.717) is 12.1 Å². The van der Waals surface area contributed by atoms with E-state index in [9.17, 15) is 0 Å². The molecule has 200 valence electrons. The summed E-state index contributed by atoms with van der Waals surface area (Å²) in [5.41, 5.74) is 1.43. The summed E-state index contributed by atoms with van der Waals surface area (Å²) in [5.74, 6) is 2.88. The molecule has 0 spiro atoms. The van der Waals surface area contributed by atoms with Crippen LogP contribution in [0.25, 0.3) is 0 Å². The van der Waals surface area contributed by atoms with Crippen LogP contribution in [0.1, 0.15) is 96.5 Å². The number of nitrogens with zero attached hydrogens (tertiary/aromatic N) is 3. The average Bonchev–Trinajstić information content (AvgIpc) is 3.45. The van der Waals surface area contributed by atoms with Gasteiger partial charge in [-0.05, 0) is 74.6 Å². The minimum Gasteiger partial charge on any atom is -0.369 e. The highest BCUT2D eigenvalue weighted by Gasteiger charge is 2.34. The van der Waals surface area contributed by atoms with Crippen molar-refractivity contribution < 1.29 is 0 Å². The van der Waals surface area contributed by atoms with Crippen LogP contribution in [0.4, 0.5) is 0 Å². The summed E-state index contributed by atoms with van der Waals surface area (Å²) in [6, 6.07) is 11.9. The number of nitrogens with one attached hydrogen (secondary N) is 1. The van der Waals surface area contributed by atoms with Crippen LogP contribution in [0, 0.1) is 11.8 Å². The quantitative estimate of drug-likeness (QED) is 0.219. The van der Waals surface area contributed by atoms with Crippen LogP contribution >= 0.6 is 12.2 Å². The zero-order chi connectivity index (χ0) is 25.2. The van der Waals surface area contributed by atoms with Crippen LogP contribution in [0.15, 0.2) is 35.3 Å². The summed E-state index contributed by atoms with van der Waals surface area (Å²) in [7, 11) is 0. The van der Waals surface area contributed by atoms with Crippen molar-refractivity contribution in [2.75, 3.05) is 26.2 Å². The molecule has 1 saturated heterocycles. The van der Waals surface area contributed by atoms with Gasteiger partial charge in [-0.1, -0.05) is 76.3 Å². The van der Waals surface area contributed by atoms with Gasteiger partial charge in [0.25, 0.3) is 0 Å². The summed E-state index contributed by atoms with van der Waals surface area (Å²) in [5, 5.41) is 4.84. The highest BCUT2D eigenvalue weighted by molar-refractivity contribution is 7.80. The lowest BCUT2D eigenvalue weighted by Gasteiger charge is -2.29. The zero-order valence-corrected chi connectivity index (χ0v) is 23.8. The molecule has 1 saturated carbocycles. The average molecular weight is 511 g/mol. The van der Waals surface area contributed by atoms with Gasteiger partial charge in [0, 0.05) is 38.1 Å². The van der Waals surface area contributed by atoms with Crippen molar-refractivity contribution >= 4 is 23.2 Å². The molecule has 4 nitrogen and oxygen atoms in total. The van der Waals surface area contributed by atoms with Crippen LogP contribution in [0.3, 0.4) is 0 Å². The molecule has 0 unspecified atom stereocenters. The molecule has 5 heteroatoms. The third kappa shape index (κ3) is 8.46. The first kappa shape index (κ1) is 27.4. The third-order valence-corrected chi connectivity index (χ3v) is 8.95. The summed E-state index contributed by atoms with van der Waals surface area (Å²) >= 11 is 6.03. The Morgan fingerprint density at radius 1 is 0.972 bits per heavy atom. The van der Waals surface area contributed by atoms with Gasteiger partial charge in [-0.3, -0.25) is 4.99 Å². The van der Waals surface area contributed by atoms with Crippen LogP contribution in [-0.2, 0) is 6.42 Å². The van der Waals surface area contributed by atoms with Crippen LogP contribution < -0.4 is 5.32 Å². The number of thiocarbonyl (C=S) groups is 1. The number of unbranched alkanes of at least 4 members (excludes halogenated alkanes) is 1. The summed E-state index contributed by atoms with van der Waals surface area (Å²) < 4.78 is 0. The highest BCUT2D eigenvalue weighted by atomic mass is 32.1. The number of aryl methyl sites for hydroxylation is 1. The second kappa shape index (κ2) is 14.4. The van der Waals surface area contributed by atoms with Gasteiger partial charge in [0.2, 0.25) is 0 Å². The van der Waals surface area contributed by atoms with Crippen molar-refractivity contribution in [3.05, 3.63) is 35.9 Å². The monoisotopic (exact) mass is 510 g/mol. The molecule has 1 N–H and O–H groups in total. The lowest BCUT2D eigenvalue weighted by atomic mass is 9.87. The first-order valence-corrected chi connectivity index (χ1v) is 15.4. The Bertz CT molecular complexity index is 817. The maximum absolute atomic E-state index is 6.03. The number of benzene rings is 1. The molecule has 3 aliphatic rings. The van der Waals surface area contributed by atoms with E-state index in [1.165, 1.54) is 88.6 Å². The molecule has 2 fully saturated rings. The summed E-state index contributed by atoms with van der Waals surface area (Å²) in [6.45, 7) is 9.10. The number of rotatable bonds is 14. The van der Waals surface area contributed by atoms with Gasteiger partial charge in [0.05, 0.1) is 12.4 Å².